The van der Waals surface area contributed by atoms with Crippen molar-refractivity contribution in [2.45, 2.75) is 52.7 Å². The van der Waals surface area contributed by atoms with E-state index in [9.17, 15) is 9.90 Å². The van der Waals surface area contributed by atoms with Gasteiger partial charge in [0.05, 0.1) is 18.7 Å². The molecule has 6 heteroatoms. The van der Waals surface area contributed by atoms with Gasteiger partial charge in [0.1, 0.15) is 17.1 Å². The summed E-state index contributed by atoms with van der Waals surface area (Å²) in [6.07, 6.45) is -0.952. The first-order chi connectivity index (χ1) is 10.7. The number of hydrogen-bond acceptors (Lipinski definition) is 3. The van der Waals surface area contributed by atoms with Gasteiger partial charge in [-0.3, -0.25) is 4.90 Å². The number of carbonyl (C=O) groups is 1. The number of aromatic nitrogens is 2. The molecule has 0 aliphatic rings. The largest absolute Gasteiger partial charge is 0.494 e. The molecule has 1 aromatic heterocycles. The number of methoxy groups -OCH3 is 1. The van der Waals surface area contributed by atoms with E-state index >= 15 is 0 Å². The van der Waals surface area contributed by atoms with E-state index in [1.165, 1.54) is 4.90 Å². The van der Waals surface area contributed by atoms with E-state index in [4.69, 9.17) is 4.74 Å². The van der Waals surface area contributed by atoms with Crippen molar-refractivity contribution in [3.8, 4) is 5.75 Å². The second kappa shape index (κ2) is 6.10. The Morgan fingerprint density at radius 2 is 2.09 bits per heavy atom. The lowest BCUT2D eigenvalue weighted by molar-refractivity contribution is 0.0717. The molecule has 1 atom stereocenters. The number of hydrogen-bond donors (Lipinski definition) is 1. The van der Waals surface area contributed by atoms with Crippen LogP contribution in [0.25, 0.3) is 11.0 Å². The van der Waals surface area contributed by atoms with E-state index in [0.717, 1.165) is 22.6 Å². The zero-order valence-electron chi connectivity index (χ0n) is 14.6. The number of benzene rings is 1. The molecule has 1 amide bonds. The highest BCUT2D eigenvalue weighted by atomic mass is 16.5. The quantitative estimate of drug-likeness (QED) is 0.928. The van der Waals surface area contributed by atoms with E-state index < -0.39 is 11.6 Å². The summed E-state index contributed by atoms with van der Waals surface area (Å²) in [5, 5.41) is 9.64. The summed E-state index contributed by atoms with van der Waals surface area (Å²) in [6.45, 7) is 10.2. The molecule has 23 heavy (non-hydrogen) atoms. The van der Waals surface area contributed by atoms with Crippen molar-refractivity contribution in [3.05, 3.63) is 24.0 Å². The minimum absolute atomic E-state index is 0.371. The van der Waals surface area contributed by atoms with Crippen LogP contribution in [0, 0.1) is 0 Å². The molecule has 1 heterocycles. The zero-order chi connectivity index (χ0) is 17.4. The standard InChI is InChI=1S/C17H25N3O3/c1-7-19-14-12(9-8-10-13(14)23-6)18-15(19)11(2)20(16(21)22)17(3,4)5/h8-11H,7H2,1-6H3,(H,21,22)/t11-/m1/s1. The van der Waals surface area contributed by atoms with Gasteiger partial charge in [0.2, 0.25) is 0 Å². The Morgan fingerprint density at radius 1 is 1.43 bits per heavy atom. The van der Waals surface area contributed by atoms with E-state index in [0.29, 0.717) is 6.54 Å². The number of carboxylic acid groups (broad SMARTS) is 1. The number of para-hydroxylation sites is 1. The van der Waals surface area contributed by atoms with Crippen LogP contribution in [0.3, 0.4) is 0 Å². The summed E-state index contributed by atoms with van der Waals surface area (Å²) in [7, 11) is 1.63. The van der Waals surface area contributed by atoms with Crippen molar-refractivity contribution in [2.24, 2.45) is 0 Å². The monoisotopic (exact) mass is 319 g/mol. The van der Waals surface area contributed by atoms with E-state index in [1.807, 2.05) is 57.4 Å². The Labute approximate surface area is 136 Å². The highest BCUT2D eigenvalue weighted by Gasteiger charge is 2.34. The van der Waals surface area contributed by atoms with Crippen LogP contribution in [0.4, 0.5) is 4.79 Å². The number of fused-ring (bicyclic) bond motifs is 1. The molecule has 0 fully saturated rings. The van der Waals surface area contributed by atoms with Gasteiger partial charge in [-0.1, -0.05) is 6.07 Å². The Morgan fingerprint density at radius 3 is 2.57 bits per heavy atom. The third-order valence-corrected chi connectivity index (χ3v) is 3.99. The summed E-state index contributed by atoms with van der Waals surface area (Å²) >= 11 is 0. The summed E-state index contributed by atoms with van der Waals surface area (Å²) in [6, 6.07) is 5.33. The number of imidazole rings is 1. The maximum absolute atomic E-state index is 11.8. The lowest BCUT2D eigenvalue weighted by atomic mass is 10.0. The zero-order valence-corrected chi connectivity index (χ0v) is 14.6. The van der Waals surface area contributed by atoms with Crippen molar-refractivity contribution in [3.63, 3.8) is 0 Å². The molecule has 0 aliphatic carbocycles. The second-order valence-electron chi connectivity index (χ2n) is 6.54. The summed E-state index contributed by atoms with van der Waals surface area (Å²) in [5.41, 5.74) is 1.19. The Hall–Kier alpha value is -2.24. The molecule has 0 aliphatic heterocycles. The number of nitrogens with zero attached hydrogens (tertiary/aromatic N) is 3. The summed E-state index contributed by atoms with van der Waals surface area (Å²) in [5.74, 6) is 1.47. The minimum atomic E-state index is -0.952. The lowest BCUT2D eigenvalue weighted by Gasteiger charge is -2.37. The predicted octanol–water partition coefficient (Wildman–Crippen LogP) is 3.90. The third kappa shape index (κ3) is 2.98. The molecule has 0 unspecified atom stereocenters. The van der Waals surface area contributed by atoms with Gasteiger partial charge in [-0.05, 0) is 46.8 Å². The smallest absolute Gasteiger partial charge is 0.408 e. The maximum atomic E-state index is 11.8. The molecule has 2 rings (SSSR count). The molecular formula is C17H25N3O3. The molecule has 126 valence electrons. The van der Waals surface area contributed by atoms with Crippen LogP contribution in [-0.2, 0) is 6.54 Å². The van der Waals surface area contributed by atoms with Crippen molar-refractivity contribution in [2.75, 3.05) is 7.11 Å². The molecule has 0 bridgehead atoms. The van der Waals surface area contributed by atoms with Crippen molar-refractivity contribution < 1.29 is 14.6 Å². The first kappa shape index (κ1) is 17.1. The Balaban J connectivity index is 2.65. The van der Waals surface area contributed by atoms with E-state index in [2.05, 4.69) is 4.98 Å². The van der Waals surface area contributed by atoms with Crippen LogP contribution in [0.2, 0.25) is 0 Å². The average Bonchev–Trinajstić information content (AvgIpc) is 2.83. The third-order valence-electron chi connectivity index (χ3n) is 3.99. The van der Waals surface area contributed by atoms with Crippen LogP contribution >= 0.6 is 0 Å². The van der Waals surface area contributed by atoms with Crippen molar-refractivity contribution in [1.29, 1.82) is 0 Å². The van der Waals surface area contributed by atoms with E-state index in [-0.39, 0.29) is 6.04 Å². The molecule has 0 saturated carbocycles. The lowest BCUT2D eigenvalue weighted by Crippen LogP contribution is -2.47. The highest BCUT2D eigenvalue weighted by Crippen LogP contribution is 2.33. The van der Waals surface area contributed by atoms with Crippen molar-refractivity contribution >= 4 is 17.1 Å². The molecule has 0 saturated heterocycles. The van der Waals surface area contributed by atoms with E-state index in [1.54, 1.807) is 7.11 Å². The summed E-state index contributed by atoms with van der Waals surface area (Å²) in [4.78, 5) is 17.9. The molecule has 1 N–H and O–H groups in total. The molecule has 0 radical (unpaired) electrons. The fraction of sp³-hybridized carbons (Fsp3) is 0.529. The topological polar surface area (TPSA) is 67.6 Å². The fourth-order valence-electron chi connectivity index (χ4n) is 3.12. The van der Waals surface area contributed by atoms with Crippen molar-refractivity contribution in [1.82, 2.24) is 14.5 Å². The first-order valence-corrected chi connectivity index (χ1v) is 7.77. The maximum Gasteiger partial charge on any atom is 0.408 e. The molecular weight excluding hydrogens is 294 g/mol. The van der Waals surface area contributed by atoms with Gasteiger partial charge in [-0.2, -0.15) is 0 Å². The number of amides is 1. The normalized spacial score (nSPS) is 13.1. The van der Waals surface area contributed by atoms with Gasteiger partial charge in [-0.25, -0.2) is 9.78 Å². The minimum Gasteiger partial charge on any atom is -0.494 e. The van der Waals surface area contributed by atoms with Gasteiger partial charge in [0.15, 0.2) is 0 Å². The van der Waals surface area contributed by atoms with Crippen LogP contribution in [0.1, 0.15) is 46.5 Å². The SMILES string of the molecule is CCn1c([C@@H](C)N(C(=O)O)C(C)(C)C)nc2cccc(OC)c21. The number of aryl methyl sites for hydroxylation is 1. The van der Waals surface area contributed by atoms with Gasteiger partial charge < -0.3 is 14.4 Å². The highest BCUT2D eigenvalue weighted by molar-refractivity contribution is 5.83. The number of ether oxygens (including phenoxy) is 1. The molecule has 0 spiro atoms. The van der Waals surface area contributed by atoms with Crippen LogP contribution in [0.15, 0.2) is 18.2 Å². The fourth-order valence-corrected chi connectivity index (χ4v) is 3.12. The van der Waals surface area contributed by atoms with Crippen LogP contribution < -0.4 is 4.74 Å². The molecule has 1 aromatic carbocycles. The molecule has 6 nitrogen and oxygen atoms in total. The van der Waals surface area contributed by atoms with Gasteiger partial charge in [0, 0.05) is 12.1 Å². The first-order valence-electron chi connectivity index (χ1n) is 7.77. The van der Waals surface area contributed by atoms with Crippen LogP contribution in [0.5, 0.6) is 5.75 Å². The van der Waals surface area contributed by atoms with Gasteiger partial charge in [-0.15, -0.1) is 0 Å². The van der Waals surface area contributed by atoms with Gasteiger partial charge >= 0.3 is 6.09 Å². The predicted molar refractivity (Wildman–Crippen MR) is 90.0 cm³/mol. The second-order valence-corrected chi connectivity index (χ2v) is 6.54. The Kier molecular flexibility index (Phi) is 4.54. The Bertz CT molecular complexity index is 716. The summed E-state index contributed by atoms with van der Waals surface area (Å²) < 4.78 is 7.48. The number of rotatable bonds is 4. The van der Waals surface area contributed by atoms with Gasteiger partial charge in [0.25, 0.3) is 0 Å². The average molecular weight is 319 g/mol. The van der Waals surface area contributed by atoms with Crippen LogP contribution in [-0.4, -0.2) is 38.3 Å². The molecule has 2 aromatic rings.